The molecule has 3 heteroatoms. The lowest BCUT2D eigenvalue weighted by Crippen LogP contribution is -2.48. The lowest BCUT2D eigenvalue weighted by atomic mass is 9.91. The summed E-state index contributed by atoms with van der Waals surface area (Å²) in [5.41, 5.74) is 0. The quantitative estimate of drug-likeness (QED) is 0.795. The molecule has 0 amide bonds. The van der Waals surface area contributed by atoms with Crippen LogP contribution in [-0.4, -0.2) is 48.0 Å². The van der Waals surface area contributed by atoms with Crippen LogP contribution in [-0.2, 0) is 4.74 Å². The maximum absolute atomic E-state index is 10.1. The van der Waals surface area contributed by atoms with E-state index in [1.54, 1.807) is 0 Å². The Morgan fingerprint density at radius 3 is 2.62 bits per heavy atom. The standard InChI is InChI=1S/C13H25NO2/c1-2-14(10-11-6-5-9-16-11)12-7-3-4-8-13(12)15/h11-13,15H,2-10H2,1H3/t11?,12-,13-/m1/s1. The molecule has 0 radical (unpaired) electrons. The third-order valence-electron chi connectivity index (χ3n) is 4.03. The molecule has 1 heterocycles. The fourth-order valence-electron chi connectivity index (χ4n) is 3.07. The maximum Gasteiger partial charge on any atom is 0.0702 e. The Morgan fingerprint density at radius 1 is 1.19 bits per heavy atom. The normalized spacial score (nSPS) is 35.8. The van der Waals surface area contributed by atoms with Crippen LogP contribution in [0.3, 0.4) is 0 Å². The van der Waals surface area contributed by atoms with Crippen molar-refractivity contribution in [2.75, 3.05) is 19.7 Å². The van der Waals surface area contributed by atoms with Crippen LogP contribution < -0.4 is 0 Å². The monoisotopic (exact) mass is 227 g/mol. The molecular weight excluding hydrogens is 202 g/mol. The van der Waals surface area contributed by atoms with E-state index in [2.05, 4.69) is 11.8 Å². The van der Waals surface area contributed by atoms with Crippen molar-refractivity contribution < 1.29 is 9.84 Å². The van der Waals surface area contributed by atoms with E-state index in [1.807, 2.05) is 0 Å². The van der Waals surface area contributed by atoms with Crippen molar-refractivity contribution in [3.8, 4) is 0 Å². The van der Waals surface area contributed by atoms with E-state index < -0.39 is 0 Å². The van der Waals surface area contributed by atoms with E-state index in [0.717, 1.165) is 32.5 Å². The number of hydrogen-bond acceptors (Lipinski definition) is 3. The second-order valence-electron chi connectivity index (χ2n) is 5.14. The molecule has 0 spiro atoms. The van der Waals surface area contributed by atoms with Gasteiger partial charge in [0.05, 0.1) is 12.2 Å². The van der Waals surface area contributed by atoms with E-state index in [-0.39, 0.29) is 6.10 Å². The molecule has 0 aromatic carbocycles. The highest BCUT2D eigenvalue weighted by Gasteiger charge is 2.30. The summed E-state index contributed by atoms with van der Waals surface area (Å²) in [4.78, 5) is 2.43. The first-order valence-electron chi connectivity index (χ1n) is 6.85. The van der Waals surface area contributed by atoms with Crippen LogP contribution in [0.5, 0.6) is 0 Å². The first-order chi connectivity index (χ1) is 7.81. The van der Waals surface area contributed by atoms with Crippen molar-refractivity contribution in [3.05, 3.63) is 0 Å². The highest BCUT2D eigenvalue weighted by Crippen LogP contribution is 2.24. The van der Waals surface area contributed by atoms with Crippen LogP contribution in [0.4, 0.5) is 0 Å². The van der Waals surface area contributed by atoms with Gasteiger partial charge < -0.3 is 9.84 Å². The second kappa shape index (κ2) is 5.99. The molecule has 1 aliphatic carbocycles. The van der Waals surface area contributed by atoms with Gasteiger partial charge in [0.15, 0.2) is 0 Å². The van der Waals surface area contributed by atoms with Gasteiger partial charge in [0.25, 0.3) is 0 Å². The molecule has 3 atom stereocenters. The Labute approximate surface area is 98.8 Å². The molecule has 0 aromatic rings. The van der Waals surface area contributed by atoms with E-state index >= 15 is 0 Å². The molecule has 1 N–H and O–H groups in total. The van der Waals surface area contributed by atoms with Gasteiger partial charge in [-0.1, -0.05) is 19.8 Å². The fraction of sp³-hybridized carbons (Fsp3) is 1.00. The smallest absolute Gasteiger partial charge is 0.0702 e. The topological polar surface area (TPSA) is 32.7 Å². The fourth-order valence-corrected chi connectivity index (χ4v) is 3.07. The molecule has 1 unspecified atom stereocenters. The molecule has 3 nitrogen and oxygen atoms in total. The Hall–Kier alpha value is -0.120. The highest BCUT2D eigenvalue weighted by atomic mass is 16.5. The minimum atomic E-state index is -0.116. The first-order valence-corrected chi connectivity index (χ1v) is 6.85. The summed E-state index contributed by atoms with van der Waals surface area (Å²) >= 11 is 0. The number of likely N-dealkylation sites (N-methyl/N-ethyl adjacent to an activating group) is 1. The zero-order chi connectivity index (χ0) is 11.4. The zero-order valence-corrected chi connectivity index (χ0v) is 10.4. The van der Waals surface area contributed by atoms with Gasteiger partial charge in [-0.15, -0.1) is 0 Å². The summed E-state index contributed by atoms with van der Waals surface area (Å²) < 4.78 is 5.69. The summed E-state index contributed by atoms with van der Waals surface area (Å²) in [6.45, 7) is 5.16. The summed E-state index contributed by atoms with van der Waals surface area (Å²) in [5.74, 6) is 0. The number of aliphatic hydroxyl groups excluding tert-OH is 1. The predicted molar refractivity (Wildman–Crippen MR) is 64.5 cm³/mol. The summed E-state index contributed by atoms with van der Waals surface area (Å²) in [6.07, 6.45) is 7.28. The van der Waals surface area contributed by atoms with Crippen LogP contribution in [0, 0.1) is 0 Å². The molecule has 94 valence electrons. The lowest BCUT2D eigenvalue weighted by Gasteiger charge is -2.38. The Morgan fingerprint density at radius 2 is 2.00 bits per heavy atom. The van der Waals surface area contributed by atoms with E-state index in [4.69, 9.17) is 4.74 Å². The van der Waals surface area contributed by atoms with Gasteiger partial charge in [-0.2, -0.15) is 0 Å². The molecule has 2 fully saturated rings. The molecular formula is C13H25NO2. The van der Waals surface area contributed by atoms with E-state index in [9.17, 15) is 5.11 Å². The molecule has 2 rings (SSSR count). The highest BCUT2D eigenvalue weighted by molar-refractivity contribution is 4.84. The number of nitrogens with zero attached hydrogens (tertiary/aromatic N) is 1. The summed E-state index contributed by atoms with van der Waals surface area (Å²) in [5, 5.41) is 10.1. The van der Waals surface area contributed by atoms with Gasteiger partial charge in [0.2, 0.25) is 0 Å². The summed E-state index contributed by atoms with van der Waals surface area (Å²) in [6, 6.07) is 0.378. The Bertz CT molecular complexity index is 204. The average molecular weight is 227 g/mol. The molecule has 16 heavy (non-hydrogen) atoms. The Balaban J connectivity index is 1.86. The first kappa shape index (κ1) is 12.3. The summed E-state index contributed by atoms with van der Waals surface area (Å²) in [7, 11) is 0. The molecule has 1 saturated heterocycles. The van der Waals surface area contributed by atoms with Crippen LogP contribution >= 0.6 is 0 Å². The van der Waals surface area contributed by atoms with Gasteiger partial charge in [-0.25, -0.2) is 0 Å². The molecule has 0 aromatic heterocycles. The SMILES string of the molecule is CCN(CC1CCCO1)[C@@H]1CCCC[C@H]1O. The van der Waals surface area contributed by atoms with Gasteiger partial charge in [-0.3, -0.25) is 4.90 Å². The van der Waals surface area contributed by atoms with Crippen molar-refractivity contribution in [1.29, 1.82) is 0 Å². The van der Waals surface area contributed by atoms with E-state index in [1.165, 1.54) is 25.7 Å². The predicted octanol–water partition coefficient (Wildman–Crippen LogP) is 1.79. The number of hydrogen-bond donors (Lipinski definition) is 1. The molecule has 1 saturated carbocycles. The van der Waals surface area contributed by atoms with Crippen molar-refractivity contribution >= 4 is 0 Å². The molecule has 0 bridgehead atoms. The average Bonchev–Trinajstić information content (AvgIpc) is 2.80. The number of rotatable bonds is 4. The van der Waals surface area contributed by atoms with Crippen molar-refractivity contribution in [3.63, 3.8) is 0 Å². The van der Waals surface area contributed by atoms with Crippen LogP contribution in [0.25, 0.3) is 0 Å². The number of ether oxygens (including phenoxy) is 1. The van der Waals surface area contributed by atoms with E-state index in [0.29, 0.717) is 12.1 Å². The minimum Gasteiger partial charge on any atom is -0.391 e. The maximum atomic E-state index is 10.1. The van der Waals surface area contributed by atoms with Crippen molar-refractivity contribution in [2.45, 2.75) is 63.7 Å². The second-order valence-corrected chi connectivity index (χ2v) is 5.14. The third-order valence-corrected chi connectivity index (χ3v) is 4.03. The number of aliphatic hydroxyl groups is 1. The van der Waals surface area contributed by atoms with Gasteiger partial charge in [0, 0.05) is 19.2 Å². The largest absolute Gasteiger partial charge is 0.391 e. The molecule has 2 aliphatic rings. The van der Waals surface area contributed by atoms with Gasteiger partial charge in [-0.05, 0) is 32.2 Å². The minimum absolute atomic E-state index is 0.116. The van der Waals surface area contributed by atoms with Crippen molar-refractivity contribution in [2.24, 2.45) is 0 Å². The van der Waals surface area contributed by atoms with Crippen LogP contribution in [0.1, 0.15) is 45.4 Å². The zero-order valence-electron chi connectivity index (χ0n) is 10.4. The molecule has 1 aliphatic heterocycles. The lowest BCUT2D eigenvalue weighted by molar-refractivity contribution is -0.00558. The van der Waals surface area contributed by atoms with Gasteiger partial charge >= 0.3 is 0 Å². The van der Waals surface area contributed by atoms with Crippen LogP contribution in [0.2, 0.25) is 0 Å². The van der Waals surface area contributed by atoms with Crippen molar-refractivity contribution in [1.82, 2.24) is 4.90 Å². The van der Waals surface area contributed by atoms with Gasteiger partial charge in [0.1, 0.15) is 0 Å². The Kier molecular flexibility index (Phi) is 4.62. The van der Waals surface area contributed by atoms with Crippen LogP contribution in [0.15, 0.2) is 0 Å². The third kappa shape index (κ3) is 2.96.